The lowest BCUT2D eigenvalue weighted by molar-refractivity contribution is -0.154. The average Bonchev–Trinajstić information content (AvgIpc) is 3.18. The van der Waals surface area contributed by atoms with Crippen LogP contribution in [0.1, 0.15) is 72.6 Å². The molecule has 0 radical (unpaired) electrons. The largest absolute Gasteiger partial charge is 0.393 e. The number of Topliss-reactive ketones (excluding diaryl/α,β-unsaturated/α-hetero) is 1. The molecule has 12 atom stereocenters. The Balaban J connectivity index is 1.38. The Morgan fingerprint density at radius 1 is 1.03 bits per heavy atom. The van der Waals surface area contributed by atoms with Crippen molar-refractivity contribution in [3.05, 3.63) is 11.6 Å². The van der Waals surface area contributed by atoms with E-state index in [0.717, 1.165) is 24.3 Å². The van der Waals surface area contributed by atoms with E-state index in [1.54, 1.807) is 0 Å². The topological polar surface area (TPSA) is 60.8 Å². The van der Waals surface area contributed by atoms with E-state index in [4.69, 9.17) is 0 Å². The summed E-state index contributed by atoms with van der Waals surface area (Å²) in [6.07, 6.45) is 8.03. The Bertz CT molecular complexity index is 823. The van der Waals surface area contributed by atoms with Gasteiger partial charge in [-0.25, -0.2) is 0 Å². The number of ketones is 1. The molecule has 0 bridgehead atoms. The molecule has 4 nitrogen and oxygen atoms in total. The molecule has 31 heavy (non-hydrogen) atoms. The predicted molar refractivity (Wildman–Crippen MR) is 120 cm³/mol. The van der Waals surface area contributed by atoms with Crippen LogP contribution in [0.2, 0.25) is 0 Å². The quantitative estimate of drug-likeness (QED) is 0.577. The second-order valence-corrected chi connectivity index (χ2v) is 12.8. The Labute approximate surface area is 187 Å². The van der Waals surface area contributed by atoms with Crippen molar-refractivity contribution in [3.8, 4) is 0 Å². The van der Waals surface area contributed by atoms with Crippen LogP contribution in [0.5, 0.6) is 0 Å². The highest BCUT2D eigenvalue weighted by molar-refractivity contribution is 5.90. The molecule has 2 heterocycles. The van der Waals surface area contributed by atoms with Crippen LogP contribution in [0.15, 0.2) is 11.6 Å². The summed E-state index contributed by atoms with van der Waals surface area (Å²) < 4.78 is 0. The Morgan fingerprint density at radius 2 is 1.81 bits per heavy atom. The fraction of sp³-hybridized carbons (Fsp3) is 0.889. The summed E-state index contributed by atoms with van der Waals surface area (Å²) in [6.45, 7) is 10.6. The lowest BCUT2D eigenvalue weighted by Crippen LogP contribution is -2.59. The molecule has 0 aromatic rings. The monoisotopic (exact) mass is 427 g/mol. The van der Waals surface area contributed by atoms with Crippen LogP contribution in [0.25, 0.3) is 0 Å². The molecule has 6 aliphatic rings. The minimum atomic E-state index is -0.521. The number of carbonyl (C=O) groups is 1. The first kappa shape index (κ1) is 20.9. The molecule has 2 saturated heterocycles. The van der Waals surface area contributed by atoms with E-state index in [2.05, 4.69) is 38.7 Å². The number of rotatable bonds is 0. The number of aliphatic hydroxyl groups excluding tert-OH is 2. The highest BCUT2D eigenvalue weighted by Gasteiger charge is 2.69. The average molecular weight is 428 g/mol. The smallest absolute Gasteiger partial charge is 0.145 e. The first-order chi connectivity index (χ1) is 14.7. The van der Waals surface area contributed by atoms with Gasteiger partial charge < -0.3 is 10.2 Å². The van der Waals surface area contributed by atoms with Crippen LogP contribution in [0, 0.1) is 46.3 Å². The molecule has 172 valence electrons. The fourth-order valence-electron chi connectivity index (χ4n) is 10.2. The van der Waals surface area contributed by atoms with Gasteiger partial charge in [-0.15, -0.1) is 0 Å². The van der Waals surface area contributed by atoms with Crippen molar-refractivity contribution >= 4 is 5.78 Å². The third kappa shape index (κ3) is 2.51. The van der Waals surface area contributed by atoms with Crippen LogP contribution in [-0.2, 0) is 4.79 Å². The summed E-state index contributed by atoms with van der Waals surface area (Å²) in [6, 6.07) is 1.30. The first-order valence-corrected chi connectivity index (χ1v) is 13.0. The van der Waals surface area contributed by atoms with Gasteiger partial charge in [-0.1, -0.05) is 32.4 Å². The van der Waals surface area contributed by atoms with Gasteiger partial charge in [0.25, 0.3) is 0 Å². The van der Waals surface area contributed by atoms with Gasteiger partial charge in [0.1, 0.15) is 5.78 Å². The number of aliphatic hydroxyl groups is 2. The van der Waals surface area contributed by atoms with Gasteiger partial charge in [0.15, 0.2) is 0 Å². The lowest BCUT2D eigenvalue weighted by atomic mass is 9.46. The molecule has 0 spiro atoms. The Hall–Kier alpha value is -0.710. The molecule has 3 saturated carbocycles. The maximum atomic E-state index is 13.3. The van der Waals surface area contributed by atoms with Crippen LogP contribution >= 0.6 is 0 Å². The normalized spacial score (nSPS) is 58.6. The van der Waals surface area contributed by atoms with Gasteiger partial charge in [-0.05, 0) is 81.0 Å². The molecule has 2 aliphatic heterocycles. The molecular weight excluding hydrogens is 386 g/mol. The number of nitrogens with zero attached hydrogens (tertiary/aromatic N) is 1. The number of hydrogen-bond acceptors (Lipinski definition) is 4. The van der Waals surface area contributed by atoms with E-state index in [1.165, 1.54) is 25.8 Å². The van der Waals surface area contributed by atoms with Crippen molar-refractivity contribution in [2.24, 2.45) is 46.3 Å². The molecule has 4 heteroatoms. The summed E-state index contributed by atoms with van der Waals surface area (Å²) in [5.74, 6) is 3.41. The third-order valence-corrected chi connectivity index (χ3v) is 11.7. The second-order valence-electron chi connectivity index (χ2n) is 12.8. The van der Waals surface area contributed by atoms with Crippen molar-refractivity contribution in [1.82, 2.24) is 4.90 Å². The van der Waals surface area contributed by atoms with E-state index in [-0.39, 0.29) is 29.6 Å². The zero-order chi connectivity index (χ0) is 21.9. The number of piperidine rings is 1. The van der Waals surface area contributed by atoms with Crippen LogP contribution in [-0.4, -0.2) is 51.7 Å². The summed E-state index contributed by atoms with van der Waals surface area (Å²) in [7, 11) is 0. The molecule has 0 amide bonds. The Morgan fingerprint density at radius 3 is 2.58 bits per heavy atom. The molecule has 5 fully saturated rings. The zero-order valence-corrected chi connectivity index (χ0v) is 19.8. The standard InChI is InChI=1S/C27H41NO3/c1-14-5-8-21-15(2)25-22(28(21)13-14)11-19-18-7-6-16-9-17(29)10-23(30)26(16,3)20(18)12-24(31)27(19,25)4/h6,14-15,17-22,24-25,29,31H,5,7-13H2,1-4H3/t14-,15+,17+,18-,19-,20-,21+,22-,24-,25-,26-,27+/m0/s1. The Kier molecular flexibility index (Phi) is 4.49. The zero-order valence-electron chi connectivity index (χ0n) is 19.8. The fourth-order valence-corrected chi connectivity index (χ4v) is 10.2. The molecule has 6 rings (SSSR count). The summed E-state index contributed by atoms with van der Waals surface area (Å²) in [5, 5.41) is 22.0. The number of fused-ring (bicyclic) bond motifs is 9. The second kappa shape index (κ2) is 6.67. The van der Waals surface area contributed by atoms with Crippen molar-refractivity contribution in [2.45, 2.75) is 96.9 Å². The van der Waals surface area contributed by atoms with Crippen LogP contribution < -0.4 is 0 Å². The van der Waals surface area contributed by atoms with Gasteiger partial charge >= 0.3 is 0 Å². The predicted octanol–water partition coefficient (Wildman–Crippen LogP) is 3.80. The van der Waals surface area contributed by atoms with E-state index < -0.39 is 11.5 Å². The number of allylic oxidation sites excluding steroid dienone is 1. The van der Waals surface area contributed by atoms with Crippen LogP contribution in [0.4, 0.5) is 0 Å². The molecular formula is C27H41NO3. The van der Waals surface area contributed by atoms with Gasteiger partial charge in [-0.2, -0.15) is 0 Å². The van der Waals surface area contributed by atoms with E-state index in [1.807, 2.05) is 0 Å². The molecule has 0 aromatic carbocycles. The molecule has 4 aliphatic carbocycles. The van der Waals surface area contributed by atoms with Crippen molar-refractivity contribution in [3.63, 3.8) is 0 Å². The maximum absolute atomic E-state index is 13.3. The highest BCUT2D eigenvalue weighted by Crippen LogP contribution is 2.69. The number of carbonyl (C=O) groups excluding carboxylic acids is 1. The SMILES string of the molecule is C[C@H]1CC[C@@H]2[C@@H](C)[C@H]3[C@H](C[C@H]4[C@@H]5CC=C6C[C@@H](O)CC(=O)[C@]6(C)[C@H]5C[C@H](O)[C@]34C)N2C1. The van der Waals surface area contributed by atoms with E-state index >= 15 is 0 Å². The maximum Gasteiger partial charge on any atom is 0.145 e. The first-order valence-electron chi connectivity index (χ1n) is 13.0. The van der Waals surface area contributed by atoms with Gasteiger partial charge in [0.2, 0.25) is 0 Å². The molecule has 0 unspecified atom stereocenters. The number of hydrogen-bond donors (Lipinski definition) is 2. The third-order valence-electron chi connectivity index (χ3n) is 11.7. The minimum absolute atomic E-state index is 0.0369. The molecule has 0 aromatic heterocycles. The van der Waals surface area contributed by atoms with Gasteiger partial charge in [0.05, 0.1) is 17.6 Å². The van der Waals surface area contributed by atoms with E-state index in [0.29, 0.717) is 42.2 Å². The summed E-state index contributed by atoms with van der Waals surface area (Å²) >= 11 is 0. The van der Waals surface area contributed by atoms with Crippen molar-refractivity contribution in [2.75, 3.05) is 6.54 Å². The van der Waals surface area contributed by atoms with E-state index in [9.17, 15) is 15.0 Å². The summed E-state index contributed by atoms with van der Waals surface area (Å²) in [5.41, 5.74) is 0.644. The molecule has 2 N–H and O–H groups in total. The summed E-state index contributed by atoms with van der Waals surface area (Å²) in [4.78, 5) is 16.1. The van der Waals surface area contributed by atoms with Crippen molar-refractivity contribution < 1.29 is 15.0 Å². The van der Waals surface area contributed by atoms with Gasteiger partial charge in [0, 0.05) is 30.5 Å². The lowest BCUT2D eigenvalue weighted by Gasteiger charge is -2.59. The van der Waals surface area contributed by atoms with Crippen LogP contribution in [0.3, 0.4) is 0 Å². The minimum Gasteiger partial charge on any atom is -0.393 e. The van der Waals surface area contributed by atoms with Crippen molar-refractivity contribution in [1.29, 1.82) is 0 Å². The van der Waals surface area contributed by atoms with Gasteiger partial charge in [-0.3, -0.25) is 9.69 Å². The highest BCUT2D eigenvalue weighted by atomic mass is 16.3.